The zero-order chi connectivity index (χ0) is 17.8. The average Bonchev–Trinajstić information content (AvgIpc) is 3.07. The molecule has 0 N–H and O–H groups in total. The van der Waals surface area contributed by atoms with E-state index in [1.54, 1.807) is 7.11 Å². The van der Waals surface area contributed by atoms with Crippen molar-refractivity contribution < 1.29 is 14.3 Å². The molecule has 1 spiro atoms. The van der Waals surface area contributed by atoms with Crippen LogP contribution in [0, 0.1) is 0 Å². The Morgan fingerprint density at radius 2 is 1.85 bits per heavy atom. The summed E-state index contributed by atoms with van der Waals surface area (Å²) in [4.78, 5) is 17.8. The molecule has 1 atom stereocenters. The molecule has 0 radical (unpaired) electrons. The second kappa shape index (κ2) is 5.96. The molecule has 3 heterocycles. The van der Waals surface area contributed by atoms with Crippen LogP contribution in [0.3, 0.4) is 0 Å². The quantitative estimate of drug-likeness (QED) is 0.829. The smallest absolute Gasteiger partial charge is 0.233 e. The van der Waals surface area contributed by atoms with Gasteiger partial charge in [-0.3, -0.25) is 9.69 Å². The third kappa shape index (κ3) is 2.55. The number of carbonyl (C=O) groups is 1. The summed E-state index contributed by atoms with van der Waals surface area (Å²) in [5, 5.41) is 0. The molecule has 4 fully saturated rings. The largest absolute Gasteiger partial charge is 0.497 e. The number of rotatable bonds is 4. The lowest BCUT2D eigenvalue weighted by Gasteiger charge is -2.48. The molecule has 26 heavy (non-hydrogen) atoms. The predicted molar refractivity (Wildman–Crippen MR) is 98.4 cm³/mol. The second-order valence-corrected chi connectivity index (χ2v) is 8.57. The number of amides is 1. The average molecular weight is 356 g/mol. The van der Waals surface area contributed by atoms with Crippen molar-refractivity contribution in [2.75, 3.05) is 39.9 Å². The van der Waals surface area contributed by atoms with Gasteiger partial charge >= 0.3 is 0 Å². The fraction of sp³-hybridized carbons (Fsp3) is 0.667. The summed E-state index contributed by atoms with van der Waals surface area (Å²) >= 11 is 0. The van der Waals surface area contributed by atoms with Gasteiger partial charge in [-0.1, -0.05) is 12.1 Å². The highest BCUT2D eigenvalue weighted by Crippen LogP contribution is 2.51. The molecule has 1 saturated carbocycles. The molecule has 3 saturated heterocycles. The minimum atomic E-state index is -0.291. The number of carbonyl (C=O) groups excluding carboxylic acids is 1. The Morgan fingerprint density at radius 3 is 2.46 bits per heavy atom. The minimum Gasteiger partial charge on any atom is -0.497 e. The van der Waals surface area contributed by atoms with E-state index in [1.807, 2.05) is 17.0 Å². The van der Waals surface area contributed by atoms with Crippen molar-refractivity contribution in [2.24, 2.45) is 0 Å². The fourth-order valence-corrected chi connectivity index (χ4v) is 5.14. The Morgan fingerprint density at radius 1 is 1.15 bits per heavy atom. The Labute approximate surface area is 155 Å². The van der Waals surface area contributed by atoms with Crippen LogP contribution in [0.25, 0.3) is 0 Å². The fourth-order valence-electron chi connectivity index (χ4n) is 5.14. The van der Waals surface area contributed by atoms with Crippen molar-refractivity contribution in [3.05, 3.63) is 29.8 Å². The van der Waals surface area contributed by atoms with Crippen molar-refractivity contribution in [3.63, 3.8) is 0 Å². The molecule has 1 unspecified atom stereocenters. The molecule has 1 aromatic rings. The summed E-state index contributed by atoms with van der Waals surface area (Å²) < 4.78 is 11.4. The van der Waals surface area contributed by atoms with Gasteiger partial charge in [0.2, 0.25) is 5.91 Å². The normalized spacial score (nSPS) is 29.0. The number of hydrogen-bond donors (Lipinski definition) is 0. The lowest BCUT2D eigenvalue weighted by atomic mass is 9.85. The summed E-state index contributed by atoms with van der Waals surface area (Å²) in [6, 6.07) is 8.58. The van der Waals surface area contributed by atoms with Crippen molar-refractivity contribution >= 4 is 5.91 Å². The molecule has 3 aliphatic heterocycles. The number of methoxy groups -OCH3 is 1. The maximum atomic E-state index is 13.2. The van der Waals surface area contributed by atoms with Gasteiger partial charge in [-0.25, -0.2) is 0 Å². The van der Waals surface area contributed by atoms with E-state index in [-0.39, 0.29) is 11.0 Å². The molecule has 5 nitrogen and oxygen atoms in total. The maximum Gasteiger partial charge on any atom is 0.233 e. The van der Waals surface area contributed by atoms with Crippen LogP contribution in [-0.4, -0.2) is 67.2 Å². The highest BCUT2D eigenvalue weighted by molar-refractivity contribution is 5.92. The first-order chi connectivity index (χ1) is 12.6. The van der Waals surface area contributed by atoms with Gasteiger partial charge in [0.15, 0.2) is 0 Å². The SMILES string of the molecule is COc1ccc(C2(C(=O)N3CC4(CC(N5CCCC5)CO4)C3)CC2)cc1. The summed E-state index contributed by atoms with van der Waals surface area (Å²) in [5.41, 5.74) is 0.770. The molecule has 1 aromatic carbocycles. The van der Waals surface area contributed by atoms with Gasteiger partial charge in [-0.15, -0.1) is 0 Å². The van der Waals surface area contributed by atoms with E-state index in [4.69, 9.17) is 9.47 Å². The highest BCUT2D eigenvalue weighted by Gasteiger charge is 2.59. The standard InChI is InChI=1S/C21H28N2O3/c1-25-18-6-4-16(5-7-18)21(8-9-21)19(24)23-14-20(15-23)12-17(13-26-20)22-10-2-3-11-22/h4-7,17H,2-3,8-15H2,1H3. The zero-order valence-corrected chi connectivity index (χ0v) is 15.6. The molecule has 1 amide bonds. The number of likely N-dealkylation sites (tertiary alicyclic amines) is 2. The minimum absolute atomic E-state index is 0.0705. The van der Waals surface area contributed by atoms with Gasteiger partial charge in [0, 0.05) is 6.04 Å². The maximum absolute atomic E-state index is 13.2. The summed E-state index contributed by atoms with van der Waals surface area (Å²) in [5.74, 6) is 1.13. The van der Waals surface area contributed by atoms with Crippen LogP contribution in [0.2, 0.25) is 0 Å². The summed E-state index contributed by atoms with van der Waals surface area (Å²) in [6.07, 6.45) is 5.64. The van der Waals surface area contributed by atoms with Crippen molar-refractivity contribution in [1.82, 2.24) is 9.80 Å². The van der Waals surface area contributed by atoms with Crippen LogP contribution in [0.5, 0.6) is 5.75 Å². The molecular weight excluding hydrogens is 328 g/mol. The lowest BCUT2D eigenvalue weighted by molar-refractivity contribution is -0.160. The van der Waals surface area contributed by atoms with Gasteiger partial charge in [-0.2, -0.15) is 0 Å². The highest BCUT2D eigenvalue weighted by atomic mass is 16.5. The molecule has 0 bridgehead atoms. The van der Waals surface area contributed by atoms with Crippen LogP contribution >= 0.6 is 0 Å². The number of hydrogen-bond acceptors (Lipinski definition) is 4. The third-order valence-corrected chi connectivity index (χ3v) is 6.89. The van der Waals surface area contributed by atoms with Crippen molar-refractivity contribution in [2.45, 2.75) is 49.2 Å². The Balaban J connectivity index is 1.23. The molecule has 5 heteroatoms. The monoisotopic (exact) mass is 356 g/mol. The first kappa shape index (κ1) is 16.6. The van der Waals surface area contributed by atoms with E-state index >= 15 is 0 Å². The van der Waals surface area contributed by atoms with Gasteiger partial charge in [0.1, 0.15) is 11.4 Å². The third-order valence-electron chi connectivity index (χ3n) is 6.89. The molecule has 4 aliphatic rings. The Bertz CT molecular complexity index is 686. The second-order valence-electron chi connectivity index (χ2n) is 8.57. The number of nitrogens with zero attached hydrogens (tertiary/aromatic N) is 2. The van der Waals surface area contributed by atoms with E-state index in [1.165, 1.54) is 25.9 Å². The summed E-state index contributed by atoms with van der Waals surface area (Å²) in [6.45, 7) is 4.81. The Hall–Kier alpha value is -1.59. The van der Waals surface area contributed by atoms with Gasteiger partial charge in [0.05, 0.1) is 32.2 Å². The van der Waals surface area contributed by atoms with E-state index in [9.17, 15) is 4.79 Å². The van der Waals surface area contributed by atoms with E-state index in [0.29, 0.717) is 11.9 Å². The van der Waals surface area contributed by atoms with Crippen molar-refractivity contribution in [3.8, 4) is 5.75 Å². The summed E-state index contributed by atoms with van der Waals surface area (Å²) in [7, 11) is 1.67. The van der Waals surface area contributed by atoms with Gasteiger partial charge in [0.25, 0.3) is 0 Å². The van der Waals surface area contributed by atoms with Crippen molar-refractivity contribution in [1.29, 1.82) is 0 Å². The van der Waals surface area contributed by atoms with Crippen LogP contribution in [-0.2, 0) is 14.9 Å². The topological polar surface area (TPSA) is 42.0 Å². The zero-order valence-electron chi connectivity index (χ0n) is 15.6. The first-order valence-corrected chi connectivity index (χ1v) is 9.96. The first-order valence-electron chi connectivity index (χ1n) is 9.96. The number of ether oxygens (including phenoxy) is 2. The van der Waals surface area contributed by atoms with Crippen LogP contribution < -0.4 is 4.74 Å². The van der Waals surface area contributed by atoms with Crippen LogP contribution in [0.1, 0.15) is 37.7 Å². The molecular formula is C21H28N2O3. The van der Waals surface area contributed by atoms with Gasteiger partial charge < -0.3 is 14.4 Å². The Kier molecular flexibility index (Phi) is 3.80. The molecule has 1 aliphatic carbocycles. The lowest BCUT2D eigenvalue weighted by Crippen LogP contribution is -2.65. The number of benzene rings is 1. The molecule has 5 rings (SSSR count). The van der Waals surface area contributed by atoms with Gasteiger partial charge in [-0.05, 0) is 62.9 Å². The van der Waals surface area contributed by atoms with E-state index in [2.05, 4.69) is 17.0 Å². The molecule has 140 valence electrons. The van der Waals surface area contributed by atoms with Crippen LogP contribution in [0.4, 0.5) is 0 Å². The van der Waals surface area contributed by atoms with Crippen LogP contribution in [0.15, 0.2) is 24.3 Å². The van der Waals surface area contributed by atoms with E-state index < -0.39 is 0 Å². The predicted octanol–water partition coefficient (Wildman–Crippen LogP) is 2.19. The molecule has 0 aromatic heterocycles. The van der Waals surface area contributed by atoms with E-state index in [0.717, 1.165) is 50.3 Å².